The van der Waals surface area contributed by atoms with Gasteiger partial charge >= 0.3 is 5.69 Å². The number of fused-ring (bicyclic) bond motifs is 1. The van der Waals surface area contributed by atoms with Gasteiger partial charge in [-0.25, -0.2) is 14.3 Å². The molecule has 0 radical (unpaired) electrons. The van der Waals surface area contributed by atoms with Crippen LogP contribution in [0.2, 0.25) is 5.02 Å². The molecule has 0 unspecified atom stereocenters. The van der Waals surface area contributed by atoms with Crippen molar-refractivity contribution in [1.82, 2.24) is 18.7 Å². The Balaban J connectivity index is 1.86. The number of aryl methyl sites for hydroxylation is 1. The molecule has 0 saturated heterocycles. The van der Waals surface area contributed by atoms with E-state index >= 15 is 0 Å². The van der Waals surface area contributed by atoms with Crippen molar-refractivity contribution in [1.29, 1.82) is 0 Å². The van der Waals surface area contributed by atoms with E-state index in [-0.39, 0.29) is 12.4 Å². The van der Waals surface area contributed by atoms with E-state index < -0.39 is 11.2 Å². The van der Waals surface area contributed by atoms with E-state index in [2.05, 4.69) is 18.8 Å². The van der Waals surface area contributed by atoms with Crippen LogP contribution >= 0.6 is 11.6 Å². The maximum Gasteiger partial charge on any atom is 0.337 e. The molecule has 172 valence electrons. The van der Waals surface area contributed by atoms with E-state index in [0.717, 1.165) is 15.7 Å². The van der Waals surface area contributed by atoms with Crippen molar-refractivity contribution in [2.45, 2.75) is 46.4 Å². The molecule has 4 aromatic rings. The van der Waals surface area contributed by atoms with Crippen molar-refractivity contribution in [2.24, 2.45) is 7.05 Å². The maximum absolute atomic E-state index is 13.2. The standard InChI is InChI=1S/C25H27ClN4O3/c1-5-21-27-23-22(29(21)15-33-14-17-9-7-6-8-10-17)24(31)28(4)25(32)30(23)20-12-11-18(16(2)3)13-19(20)26/h6-13,16H,5,14-15H2,1-4H3. The van der Waals surface area contributed by atoms with Crippen LogP contribution in [0.3, 0.4) is 0 Å². The fourth-order valence-electron chi connectivity index (χ4n) is 3.86. The van der Waals surface area contributed by atoms with Gasteiger partial charge in [-0.2, -0.15) is 0 Å². The van der Waals surface area contributed by atoms with Crippen LogP contribution in [0.15, 0.2) is 58.1 Å². The molecule has 0 N–H and O–H groups in total. The lowest BCUT2D eigenvalue weighted by molar-refractivity contribution is 0.0646. The molecular weight excluding hydrogens is 440 g/mol. The van der Waals surface area contributed by atoms with Gasteiger partial charge in [0.25, 0.3) is 5.56 Å². The van der Waals surface area contributed by atoms with Crippen LogP contribution in [-0.4, -0.2) is 18.7 Å². The average molecular weight is 467 g/mol. The zero-order chi connectivity index (χ0) is 23.7. The SMILES string of the molecule is CCc1nc2c(c(=O)n(C)c(=O)n2-c2ccc(C(C)C)cc2Cl)n1COCc1ccccc1. The Labute approximate surface area is 196 Å². The lowest BCUT2D eigenvalue weighted by atomic mass is 10.0. The highest BCUT2D eigenvalue weighted by Crippen LogP contribution is 2.27. The molecule has 0 atom stereocenters. The fourth-order valence-corrected chi connectivity index (χ4v) is 4.13. The molecule has 0 aliphatic carbocycles. The van der Waals surface area contributed by atoms with Gasteiger partial charge in [0, 0.05) is 13.5 Å². The summed E-state index contributed by atoms with van der Waals surface area (Å²) >= 11 is 6.60. The molecule has 2 aromatic carbocycles. The molecule has 0 fully saturated rings. The second-order valence-corrected chi connectivity index (χ2v) is 8.70. The molecule has 0 bridgehead atoms. The first kappa shape index (κ1) is 23.0. The molecule has 0 aliphatic heterocycles. The number of ether oxygens (including phenoxy) is 1. The van der Waals surface area contributed by atoms with Gasteiger partial charge in [0.05, 0.1) is 17.3 Å². The van der Waals surface area contributed by atoms with Crippen LogP contribution in [0.1, 0.15) is 43.6 Å². The number of hydrogen-bond acceptors (Lipinski definition) is 4. The fraction of sp³-hybridized carbons (Fsp3) is 0.320. The van der Waals surface area contributed by atoms with Gasteiger partial charge < -0.3 is 4.74 Å². The molecule has 33 heavy (non-hydrogen) atoms. The number of hydrogen-bond donors (Lipinski definition) is 0. The molecule has 0 aliphatic rings. The third kappa shape index (κ3) is 4.26. The summed E-state index contributed by atoms with van der Waals surface area (Å²) in [7, 11) is 1.46. The van der Waals surface area contributed by atoms with E-state index in [9.17, 15) is 9.59 Å². The molecule has 2 heterocycles. The van der Waals surface area contributed by atoms with Crippen LogP contribution in [0.25, 0.3) is 16.9 Å². The monoisotopic (exact) mass is 466 g/mol. The Bertz CT molecular complexity index is 1420. The van der Waals surface area contributed by atoms with Crippen molar-refractivity contribution in [3.05, 3.63) is 91.3 Å². The van der Waals surface area contributed by atoms with E-state index in [0.29, 0.717) is 41.0 Å². The van der Waals surface area contributed by atoms with Crippen LogP contribution in [0.4, 0.5) is 0 Å². The predicted octanol–water partition coefficient (Wildman–Crippen LogP) is 4.40. The molecule has 2 aromatic heterocycles. The Morgan fingerprint density at radius 2 is 1.82 bits per heavy atom. The van der Waals surface area contributed by atoms with Crippen molar-refractivity contribution < 1.29 is 4.74 Å². The van der Waals surface area contributed by atoms with Crippen molar-refractivity contribution >= 4 is 22.8 Å². The minimum Gasteiger partial charge on any atom is -0.356 e. The van der Waals surface area contributed by atoms with Crippen molar-refractivity contribution in [3.8, 4) is 5.69 Å². The first-order valence-corrected chi connectivity index (χ1v) is 11.3. The lowest BCUT2D eigenvalue weighted by Gasteiger charge is -2.14. The summed E-state index contributed by atoms with van der Waals surface area (Å²) in [5.41, 5.74) is 2.26. The van der Waals surface area contributed by atoms with Crippen LogP contribution < -0.4 is 11.2 Å². The summed E-state index contributed by atoms with van der Waals surface area (Å²) in [6.07, 6.45) is 0.570. The first-order chi connectivity index (χ1) is 15.8. The summed E-state index contributed by atoms with van der Waals surface area (Å²) < 4.78 is 10.2. The lowest BCUT2D eigenvalue weighted by Crippen LogP contribution is -2.38. The molecule has 7 nitrogen and oxygen atoms in total. The summed E-state index contributed by atoms with van der Waals surface area (Å²) in [4.78, 5) is 31.0. The summed E-state index contributed by atoms with van der Waals surface area (Å²) in [5, 5.41) is 0.427. The summed E-state index contributed by atoms with van der Waals surface area (Å²) in [6, 6.07) is 15.4. The van der Waals surface area contributed by atoms with E-state index in [1.165, 1.54) is 11.6 Å². The smallest absolute Gasteiger partial charge is 0.337 e. The van der Waals surface area contributed by atoms with Crippen molar-refractivity contribution in [3.63, 3.8) is 0 Å². The average Bonchev–Trinajstić information content (AvgIpc) is 3.17. The zero-order valence-electron chi connectivity index (χ0n) is 19.2. The Morgan fingerprint density at radius 1 is 1.09 bits per heavy atom. The normalized spacial score (nSPS) is 11.6. The number of halogens is 1. The molecule has 0 amide bonds. The topological polar surface area (TPSA) is 71.0 Å². The molecule has 4 rings (SSSR count). The molecule has 0 spiro atoms. The van der Waals surface area contributed by atoms with E-state index in [4.69, 9.17) is 16.3 Å². The van der Waals surface area contributed by atoms with Gasteiger partial charge in [0.1, 0.15) is 12.6 Å². The Morgan fingerprint density at radius 3 is 2.45 bits per heavy atom. The van der Waals surface area contributed by atoms with E-state index in [1.54, 1.807) is 10.6 Å². The Kier molecular flexibility index (Phi) is 6.54. The second-order valence-electron chi connectivity index (χ2n) is 8.29. The van der Waals surface area contributed by atoms with Gasteiger partial charge in [-0.05, 0) is 29.2 Å². The van der Waals surface area contributed by atoms with Gasteiger partial charge in [-0.15, -0.1) is 0 Å². The summed E-state index contributed by atoms with van der Waals surface area (Å²) in [5.74, 6) is 0.950. The minimum absolute atomic E-state index is 0.141. The van der Waals surface area contributed by atoms with Gasteiger partial charge in [0.2, 0.25) is 0 Å². The van der Waals surface area contributed by atoms with E-state index in [1.807, 2.05) is 49.4 Å². The number of benzene rings is 2. The number of nitrogens with zero attached hydrogens (tertiary/aromatic N) is 4. The number of imidazole rings is 1. The second kappa shape index (κ2) is 9.37. The quantitative estimate of drug-likeness (QED) is 0.404. The Hall–Kier alpha value is -3.16. The highest BCUT2D eigenvalue weighted by molar-refractivity contribution is 6.32. The summed E-state index contributed by atoms with van der Waals surface area (Å²) in [6.45, 7) is 6.64. The molecule has 8 heteroatoms. The predicted molar refractivity (Wildman–Crippen MR) is 130 cm³/mol. The maximum atomic E-state index is 13.2. The minimum atomic E-state index is -0.496. The highest BCUT2D eigenvalue weighted by atomic mass is 35.5. The molecular formula is C25H27ClN4O3. The number of aromatic nitrogens is 4. The van der Waals surface area contributed by atoms with Gasteiger partial charge in [-0.1, -0.05) is 68.8 Å². The first-order valence-electron chi connectivity index (χ1n) is 11.0. The van der Waals surface area contributed by atoms with Crippen molar-refractivity contribution in [2.75, 3.05) is 0 Å². The largest absolute Gasteiger partial charge is 0.356 e. The van der Waals surface area contributed by atoms with Gasteiger partial charge in [0.15, 0.2) is 11.2 Å². The third-order valence-corrected chi connectivity index (χ3v) is 6.06. The van der Waals surface area contributed by atoms with Crippen LogP contribution in [0.5, 0.6) is 0 Å². The van der Waals surface area contributed by atoms with Gasteiger partial charge in [-0.3, -0.25) is 13.9 Å². The highest BCUT2D eigenvalue weighted by Gasteiger charge is 2.22. The molecule has 0 saturated carbocycles. The van der Waals surface area contributed by atoms with Crippen LogP contribution in [-0.2, 0) is 31.5 Å². The third-order valence-electron chi connectivity index (χ3n) is 5.75. The van der Waals surface area contributed by atoms with Crippen LogP contribution in [0, 0.1) is 0 Å². The number of rotatable bonds is 7. The zero-order valence-corrected chi connectivity index (χ0v) is 20.0.